The predicted octanol–water partition coefficient (Wildman–Crippen LogP) is 3.82. The maximum Gasteiger partial charge on any atom is 0.126 e. The quantitative estimate of drug-likeness (QED) is 0.876. The summed E-state index contributed by atoms with van der Waals surface area (Å²) >= 11 is 0. The molecule has 0 aromatic heterocycles. The number of rotatable bonds is 6. The molecule has 0 aliphatic carbocycles. The fraction of sp³-hybridized carbons (Fsp3) is 0.333. The zero-order valence-electron chi connectivity index (χ0n) is 12.6. The molecule has 2 N–H and O–H groups in total. The number of hydrogen-bond donors (Lipinski definition) is 1. The third-order valence-corrected chi connectivity index (χ3v) is 3.61. The zero-order chi connectivity index (χ0) is 15.2. The molecule has 0 heterocycles. The van der Waals surface area contributed by atoms with Gasteiger partial charge in [0.05, 0.1) is 6.61 Å². The minimum Gasteiger partial charge on any atom is -0.494 e. The van der Waals surface area contributed by atoms with Crippen molar-refractivity contribution in [3.8, 4) is 5.75 Å². The predicted molar refractivity (Wildman–Crippen MR) is 84.2 cm³/mol. The van der Waals surface area contributed by atoms with Crippen LogP contribution in [0.15, 0.2) is 42.5 Å². The highest BCUT2D eigenvalue weighted by atomic mass is 19.1. The lowest BCUT2D eigenvalue weighted by Gasteiger charge is -2.20. The molecule has 2 aromatic carbocycles. The Morgan fingerprint density at radius 1 is 1.19 bits per heavy atom. The second-order valence-electron chi connectivity index (χ2n) is 5.20. The van der Waals surface area contributed by atoms with E-state index in [1.807, 2.05) is 38.1 Å². The van der Waals surface area contributed by atoms with Gasteiger partial charge in [-0.25, -0.2) is 4.39 Å². The molecule has 0 fully saturated rings. The summed E-state index contributed by atoms with van der Waals surface area (Å²) < 4.78 is 19.6. The highest BCUT2D eigenvalue weighted by Crippen LogP contribution is 2.30. The summed E-state index contributed by atoms with van der Waals surface area (Å²) in [6.45, 7) is 5.05. The summed E-state index contributed by atoms with van der Waals surface area (Å²) in [4.78, 5) is 0. The van der Waals surface area contributed by atoms with Gasteiger partial charge in [-0.1, -0.05) is 35.9 Å². The Bertz CT molecular complexity index is 598. The molecule has 1 atom stereocenters. The standard InChI is InChI=1S/C18H22FNO/c1-3-21-18-9-8-13(2)10-16(18)15(12-20)11-14-6-4-5-7-17(14)19/h4-10,15H,3,11-12,20H2,1-2H3. The highest BCUT2D eigenvalue weighted by molar-refractivity contribution is 5.40. The van der Waals surface area contributed by atoms with Gasteiger partial charge >= 0.3 is 0 Å². The van der Waals surface area contributed by atoms with Crippen molar-refractivity contribution in [2.45, 2.75) is 26.2 Å². The normalized spacial score (nSPS) is 12.2. The average Bonchev–Trinajstić information content (AvgIpc) is 2.49. The molecule has 0 aliphatic heterocycles. The first-order valence-electron chi connectivity index (χ1n) is 7.32. The summed E-state index contributed by atoms with van der Waals surface area (Å²) in [7, 11) is 0. The van der Waals surface area contributed by atoms with Gasteiger partial charge < -0.3 is 10.5 Å². The van der Waals surface area contributed by atoms with Crippen molar-refractivity contribution < 1.29 is 9.13 Å². The molecule has 0 spiro atoms. The summed E-state index contributed by atoms with van der Waals surface area (Å²) in [5, 5.41) is 0. The monoisotopic (exact) mass is 287 g/mol. The summed E-state index contributed by atoms with van der Waals surface area (Å²) in [6.07, 6.45) is 0.576. The van der Waals surface area contributed by atoms with Crippen LogP contribution >= 0.6 is 0 Å². The Morgan fingerprint density at radius 2 is 1.95 bits per heavy atom. The molecule has 2 aromatic rings. The molecule has 0 aliphatic rings. The van der Waals surface area contributed by atoms with Crippen LogP contribution in [0, 0.1) is 12.7 Å². The van der Waals surface area contributed by atoms with Crippen molar-refractivity contribution in [2.24, 2.45) is 5.73 Å². The molecule has 2 rings (SSSR count). The van der Waals surface area contributed by atoms with Crippen LogP contribution in [0.2, 0.25) is 0 Å². The van der Waals surface area contributed by atoms with E-state index < -0.39 is 0 Å². The van der Waals surface area contributed by atoms with E-state index in [1.54, 1.807) is 6.07 Å². The van der Waals surface area contributed by atoms with Crippen molar-refractivity contribution in [2.75, 3.05) is 13.2 Å². The van der Waals surface area contributed by atoms with Gasteiger partial charge in [0.1, 0.15) is 11.6 Å². The smallest absolute Gasteiger partial charge is 0.126 e. The van der Waals surface area contributed by atoms with Crippen molar-refractivity contribution >= 4 is 0 Å². The van der Waals surface area contributed by atoms with Crippen molar-refractivity contribution in [3.63, 3.8) is 0 Å². The molecule has 2 nitrogen and oxygen atoms in total. The maximum absolute atomic E-state index is 13.9. The van der Waals surface area contributed by atoms with E-state index in [9.17, 15) is 4.39 Å². The molecule has 0 bridgehead atoms. The number of ether oxygens (including phenoxy) is 1. The minimum absolute atomic E-state index is 0.0448. The fourth-order valence-corrected chi connectivity index (χ4v) is 2.52. The van der Waals surface area contributed by atoms with E-state index in [-0.39, 0.29) is 11.7 Å². The average molecular weight is 287 g/mol. The topological polar surface area (TPSA) is 35.2 Å². The van der Waals surface area contributed by atoms with Gasteiger partial charge in [0.25, 0.3) is 0 Å². The van der Waals surface area contributed by atoms with E-state index in [4.69, 9.17) is 10.5 Å². The molecule has 21 heavy (non-hydrogen) atoms. The molecule has 0 amide bonds. The van der Waals surface area contributed by atoms with E-state index in [2.05, 4.69) is 6.07 Å². The Balaban J connectivity index is 2.33. The zero-order valence-corrected chi connectivity index (χ0v) is 12.6. The van der Waals surface area contributed by atoms with Gasteiger partial charge in [0, 0.05) is 5.92 Å². The van der Waals surface area contributed by atoms with Gasteiger partial charge in [-0.05, 0) is 50.1 Å². The fourth-order valence-electron chi connectivity index (χ4n) is 2.52. The molecule has 3 heteroatoms. The molecular weight excluding hydrogens is 265 g/mol. The minimum atomic E-state index is -0.179. The maximum atomic E-state index is 13.9. The van der Waals surface area contributed by atoms with Gasteiger partial charge in [0.15, 0.2) is 0 Å². The lowest BCUT2D eigenvalue weighted by molar-refractivity contribution is 0.334. The van der Waals surface area contributed by atoms with Gasteiger partial charge in [0.2, 0.25) is 0 Å². The Labute approximate surface area is 125 Å². The van der Waals surface area contributed by atoms with Crippen LogP contribution < -0.4 is 10.5 Å². The van der Waals surface area contributed by atoms with Crippen LogP contribution in [0.5, 0.6) is 5.75 Å². The number of nitrogens with two attached hydrogens (primary N) is 1. The SMILES string of the molecule is CCOc1ccc(C)cc1C(CN)Cc1ccccc1F. The van der Waals surface area contributed by atoms with Crippen LogP contribution in [-0.2, 0) is 6.42 Å². The molecule has 1 unspecified atom stereocenters. The lowest BCUT2D eigenvalue weighted by atomic mass is 9.90. The van der Waals surface area contributed by atoms with Crippen LogP contribution in [-0.4, -0.2) is 13.2 Å². The van der Waals surface area contributed by atoms with Crippen LogP contribution in [0.1, 0.15) is 29.5 Å². The van der Waals surface area contributed by atoms with Crippen LogP contribution in [0.3, 0.4) is 0 Å². The summed E-state index contributed by atoms with van der Waals surface area (Å²) in [5.41, 5.74) is 8.84. The highest BCUT2D eigenvalue weighted by Gasteiger charge is 2.17. The third kappa shape index (κ3) is 3.82. The van der Waals surface area contributed by atoms with Crippen LogP contribution in [0.4, 0.5) is 4.39 Å². The van der Waals surface area contributed by atoms with Gasteiger partial charge in [-0.3, -0.25) is 0 Å². The number of halogens is 1. The van der Waals surface area contributed by atoms with E-state index in [1.165, 1.54) is 6.07 Å². The second-order valence-corrected chi connectivity index (χ2v) is 5.20. The summed E-state index contributed by atoms with van der Waals surface area (Å²) in [5.74, 6) is 0.708. The first-order valence-corrected chi connectivity index (χ1v) is 7.32. The largest absolute Gasteiger partial charge is 0.494 e. The Kier molecular flexibility index (Phi) is 5.34. The first kappa shape index (κ1) is 15.5. The molecule has 0 radical (unpaired) electrons. The van der Waals surface area contributed by atoms with Crippen molar-refractivity contribution in [1.29, 1.82) is 0 Å². The lowest BCUT2D eigenvalue weighted by Crippen LogP contribution is -2.17. The van der Waals surface area contributed by atoms with Crippen LogP contribution in [0.25, 0.3) is 0 Å². The van der Waals surface area contributed by atoms with Gasteiger partial charge in [-0.2, -0.15) is 0 Å². The third-order valence-electron chi connectivity index (χ3n) is 3.61. The molecule has 0 saturated carbocycles. The van der Waals surface area contributed by atoms with E-state index in [0.717, 1.165) is 16.9 Å². The second kappa shape index (κ2) is 7.23. The molecule has 112 valence electrons. The van der Waals surface area contributed by atoms with E-state index >= 15 is 0 Å². The summed E-state index contributed by atoms with van der Waals surface area (Å²) in [6, 6.07) is 12.9. The number of aryl methyl sites for hydroxylation is 1. The first-order chi connectivity index (χ1) is 10.2. The van der Waals surface area contributed by atoms with E-state index in [0.29, 0.717) is 25.1 Å². The van der Waals surface area contributed by atoms with Gasteiger partial charge in [-0.15, -0.1) is 0 Å². The van der Waals surface area contributed by atoms with Crippen molar-refractivity contribution in [1.82, 2.24) is 0 Å². The molecular formula is C18H22FNO. The Hall–Kier alpha value is -1.87. The Morgan fingerprint density at radius 3 is 2.62 bits per heavy atom. The number of benzene rings is 2. The van der Waals surface area contributed by atoms with Crippen molar-refractivity contribution in [3.05, 3.63) is 65.0 Å². The molecule has 0 saturated heterocycles. The number of hydrogen-bond acceptors (Lipinski definition) is 2.